The first kappa shape index (κ1) is 10.8. The van der Waals surface area contributed by atoms with Gasteiger partial charge < -0.3 is 9.30 Å². The van der Waals surface area contributed by atoms with Gasteiger partial charge in [-0.05, 0) is 32.0 Å². The second-order valence-electron chi connectivity index (χ2n) is 4.01. The highest BCUT2D eigenvalue weighted by Gasteiger charge is 2.05. The Morgan fingerprint density at radius 3 is 2.25 bits per heavy atom. The second-order valence-corrected chi connectivity index (χ2v) is 4.01. The van der Waals surface area contributed by atoms with Crippen LogP contribution in [0.5, 0.6) is 5.75 Å². The predicted octanol–water partition coefficient (Wildman–Crippen LogP) is 3.16. The van der Waals surface area contributed by atoms with Crippen molar-refractivity contribution < 1.29 is 4.74 Å². The normalized spacial score (nSPS) is 10.4. The molecule has 0 radical (unpaired) electrons. The summed E-state index contributed by atoms with van der Waals surface area (Å²) in [6.45, 7) is 5.12. The van der Waals surface area contributed by atoms with Crippen molar-refractivity contribution in [3.63, 3.8) is 0 Å². The van der Waals surface area contributed by atoms with Crippen LogP contribution in [0.4, 0.5) is 0 Å². The molecule has 0 N–H and O–H groups in total. The molecule has 0 bridgehead atoms. The smallest absolute Gasteiger partial charge is 0.123 e. The summed E-state index contributed by atoms with van der Waals surface area (Å²) in [6, 6.07) is 12.4. The van der Waals surface area contributed by atoms with Crippen LogP contribution >= 0.6 is 0 Å². The van der Waals surface area contributed by atoms with E-state index in [9.17, 15) is 0 Å². The van der Waals surface area contributed by atoms with Crippen LogP contribution in [-0.2, 0) is 6.54 Å². The predicted molar refractivity (Wildman–Crippen MR) is 66.0 cm³/mol. The van der Waals surface area contributed by atoms with Gasteiger partial charge in [0.25, 0.3) is 0 Å². The Kier molecular flexibility index (Phi) is 3.00. The Morgan fingerprint density at radius 2 is 1.62 bits per heavy atom. The number of para-hydroxylation sites is 1. The highest BCUT2D eigenvalue weighted by atomic mass is 16.5. The number of rotatable bonds is 3. The van der Waals surface area contributed by atoms with Gasteiger partial charge in [-0.15, -0.1) is 0 Å². The lowest BCUT2D eigenvalue weighted by Crippen LogP contribution is -2.04. The van der Waals surface area contributed by atoms with Crippen molar-refractivity contribution in [3.05, 3.63) is 53.3 Å². The van der Waals surface area contributed by atoms with Crippen LogP contribution in [-0.4, -0.2) is 11.7 Å². The Labute approximate surface area is 96.5 Å². The maximum atomic E-state index is 5.36. The molecule has 0 saturated carbocycles. The summed E-state index contributed by atoms with van der Waals surface area (Å²) in [5.74, 6) is 0.954. The molecular weight excluding hydrogens is 198 g/mol. The number of aryl methyl sites for hydroxylation is 2. The zero-order chi connectivity index (χ0) is 11.5. The SMILES string of the molecule is COc1ccccc1Cn1c(C)ccc1C. The first-order valence-electron chi connectivity index (χ1n) is 5.47. The number of hydrogen-bond acceptors (Lipinski definition) is 1. The van der Waals surface area contributed by atoms with Gasteiger partial charge in [-0.25, -0.2) is 0 Å². The molecule has 0 fully saturated rings. The summed E-state index contributed by atoms with van der Waals surface area (Å²) >= 11 is 0. The third-order valence-electron chi connectivity index (χ3n) is 2.94. The van der Waals surface area contributed by atoms with Crippen molar-refractivity contribution in [2.45, 2.75) is 20.4 Å². The third-order valence-corrected chi connectivity index (χ3v) is 2.94. The average Bonchev–Trinajstić information content (AvgIpc) is 2.61. The fourth-order valence-corrected chi connectivity index (χ4v) is 1.95. The molecule has 2 rings (SSSR count). The zero-order valence-corrected chi connectivity index (χ0v) is 10.0. The van der Waals surface area contributed by atoms with Crippen LogP contribution in [0.15, 0.2) is 36.4 Å². The quantitative estimate of drug-likeness (QED) is 0.767. The van der Waals surface area contributed by atoms with Crippen molar-refractivity contribution in [3.8, 4) is 5.75 Å². The number of methoxy groups -OCH3 is 1. The number of hydrogen-bond donors (Lipinski definition) is 0. The molecule has 0 saturated heterocycles. The van der Waals surface area contributed by atoms with Crippen molar-refractivity contribution in [2.75, 3.05) is 7.11 Å². The van der Waals surface area contributed by atoms with Crippen molar-refractivity contribution >= 4 is 0 Å². The van der Waals surface area contributed by atoms with Crippen LogP contribution in [0.1, 0.15) is 17.0 Å². The maximum absolute atomic E-state index is 5.36. The van der Waals surface area contributed by atoms with E-state index in [1.54, 1.807) is 7.11 Å². The van der Waals surface area contributed by atoms with Crippen molar-refractivity contribution in [2.24, 2.45) is 0 Å². The molecule has 0 amide bonds. The summed E-state index contributed by atoms with van der Waals surface area (Å²) in [5.41, 5.74) is 3.78. The van der Waals surface area contributed by atoms with Gasteiger partial charge in [0, 0.05) is 17.0 Å². The number of ether oxygens (including phenoxy) is 1. The lowest BCUT2D eigenvalue weighted by atomic mass is 10.2. The van der Waals surface area contributed by atoms with E-state index in [-0.39, 0.29) is 0 Å². The molecule has 0 aliphatic heterocycles. The maximum Gasteiger partial charge on any atom is 0.123 e. The minimum Gasteiger partial charge on any atom is -0.496 e. The van der Waals surface area contributed by atoms with E-state index in [0.29, 0.717) is 0 Å². The largest absolute Gasteiger partial charge is 0.496 e. The summed E-state index contributed by atoms with van der Waals surface area (Å²) in [7, 11) is 1.72. The van der Waals surface area contributed by atoms with Crippen LogP contribution in [0, 0.1) is 13.8 Å². The van der Waals surface area contributed by atoms with Crippen molar-refractivity contribution in [1.29, 1.82) is 0 Å². The van der Waals surface area contributed by atoms with Crippen LogP contribution in [0.3, 0.4) is 0 Å². The molecule has 0 spiro atoms. The first-order valence-corrected chi connectivity index (χ1v) is 5.47. The van der Waals surface area contributed by atoms with E-state index in [4.69, 9.17) is 4.74 Å². The molecule has 2 aromatic rings. The van der Waals surface area contributed by atoms with E-state index in [1.807, 2.05) is 18.2 Å². The Morgan fingerprint density at radius 1 is 1.00 bits per heavy atom. The molecule has 84 valence electrons. The molecule has 2 nitrogen and oxygen atoms in total. The van der Waals surface area contributed by atoms with Crippen LogP contribution < -0.4 is 4.74 Å². The summed E-state index contributed by atoms with van der Waals surface area (Å²) in [5, 5.41) is 0. The Hall–Kier alpha value is -1.70. The van der Waals surface area contributed by atoms with Crippen LogP contribution in [0.2, 0.25) is 0 Å². The first-order chi connectivity index (χ1) is 7.72. The highest BCUT2D eigenvalue weighted by Crippen LogP contribution is 2.20. The molecule has 0 aliphatic rings. The molecule has 1 aromatic carbocycles. The van der Waals surface area contributed by atoms with Gasteiger partial charge in [0.05, 0.1) is 13.7 Å². The van der Waals surface area contributed by atoms with Gasteiger partial charge in [-0.3, -0.25) is 0 Å². The second kappa shape index (κ2) is 4.44. The minimum absolute atomic E-state index is 0.870. The third kappa shape index (κ3) is 1.96. The summed E-state index contributed by atoms with van der Waals surface area (Å²) in [4.78, 5) is 0. The summed E-state index contributed by atoms with van der Waals surface area (Å²) in [6.07, 6.45) is 0. The number of nitrogens with zero attached hydrogens (tertiary/aromatic N) is 1. The van der Waals surface area contributed by atoms with E-state index < -0.39 is 0 Å². The lowest BCUT2D eigenvalue weighted by molar-refractivity contribution is 0.408. The minimum atomic E-state index is 0.870. The highest BCUT2D eigenvalue weighted by molar-refractivity contribution is 5.34. The molecule has 16 heavy (non-hydrogen) atoms. The Balaban J connectivity index is 2.34. The molecular formula is C14H17NO. The molecule has 1 aromatic heterocycles. The Bertz CT molecular complexity index is 466. The van der Waals surface area contributed by atoms with E-state index >= 15 is 0 Å². The average molecular weight is 215 g/mol. The van der Waals surface area contributed by atoms with Gasteiger partial charge in [0.2, 0.25) is 0 Å². The molecule has 0 atom stereocenters. The van der Waals surface area contributed by atoms with E-state index in [2.05, 4.69) is 36.6 Å². The lowest BCUT2D eigenvalue weighted by Gasteiger charge is -2.12. The van der Waals surface area contributed by atoms with Gasteiger partial charge in [-0.1, -0.05) is 18.2 Å². The number of benzene rings is 1. The fraction of sp³-hybridized carbons (Fsp3) is 0.286. The molecule has 0 aliphatic carbocycles. The molecule has 2 heteroatoms. The van der Waals surface area contributed by atoms with Crippen molar-refractivity contribution in [1.82, 2.24) is 4.57 Å². The standard InChI is InChI=1S/C14H17NO/c1-11-8-9-12(2)15(11)10-13-6-4-5-7-14(13)16-3/h4-9H,10H2,1-3H3. The number of aromatic nitrogens is 1. The van der Waals surface area contributed by atoms with E-state index in [1.165, 1.54) is 17.0 Å². The van der Waals surface area contributed by atoms with Gasteiger partial charge in [-0.2, -0.15) is 0 Å². The van der Waals surface area contributed by atoms with Gasteiger partial charge >= 0.3 is 0 Å². The van der Waals surface area contributed by atoms with E-state index in [0.717, 1.165) is 12.3 Å². The topological polar surface area (TPSA) is 14.2 Å². The summed E-state index contributed by atoms with van der Waals surface area (Å²) < 4.78 is 7.65. The molecule has 0 unspecified atom stereocenters. The van der Waals surface area contributed by atoms with Crippen LogP contribution in [0.25, 0.3) is 0 Å². The monoisotopic (exact) mass is 215 g/mol. The zero-order valence-electron chi connectivity index (χ0n) is 10.0. The van der Waals surface area contributed by atoms with Gasteiger partial charge in [0.1, 0.15) is 5.75 Å². The van der Waals surface area contributed by atoms with Gasteiger partial charge in [0.15, 0.2) is 0 Å². The molecule has 1 heterocycles. The fourth-order valence-electron chi connectivity index (χ4n) is 1.95.